The van der Waals surface area contributed by atoms with Gasteiger partial charge in [-0.25, -0.2) is 19.9 Å². The second-order valence-electron chi connectivity index (χ2n) is 8.02. The van der Waals surface area contributed by atoms with E-state index in [-0.39, 0.29) is 5.71 Å². The van der Waals surface area contributed by atoms with E-state index in [1.54, 1.807) is 12.4 Å². The number of hydrogen-bond acceptors (Lipinski definition) is 7. The first kappa shape index (κ1) is 23.0. The van der Waals surface area contributed by atoms with Gasteiger partial charge in [-0.05, 0) is 56.0 Å². The Balaban J connectivity index is 1.69. The second-order valence-corrected chi connectivity index (χ2v) is 8.02. The van der Waals surface area contributed by atoms with Crippen LogP contribution in [0, 0.1) is 12.3 Å². The largest absolute Gasteiger partial charge is 0.402 e. The number of aromatic amines is 1. The molecule has 3 aromatic heterocycles. The average Bonchev–Trinajstić information content (AvgIpc) is 3.27. The maximum absolute atomic E-state index is 8.45. The maximum Gasteiger partial charge on any atom is 0.178 e. The van der Waals surface area contributed by atoms with E-state index in [0.717, 1.165) is 40.2 Å². The Kier molecular flexibility index (Phi) is 6.58. The molecule has 0 spiro atoms. The molecule has 1 aromatic carbocycles. The molecule has 0 radical (unpaired) electrons. The lowest BCUT2D eigenvalue weighted by molar-refractivity contribution is 0.968. The number of rotatable bonds is 7. The van der Waals surface area contributed by atoms with Gasteiger partial charge in [-0.3, -0.25) is 10.5 Å². The van der Waals surface area contributed by atoms with Gasteiger partial charge in [0, 0.05) is 34.9 Å². The number of nitrogens with two attached hydrogens (primary N) is 1. The molecule has 34 heavy (non-hydrogen) atoms. The predicted octanol–water partition coefficient (Wildman–Crippen LogP) is 4.87. The van der Waals surface area contributed by atoms with E-state index in [0.29, 0.717) is 35.0 Å². The standard InChI is InChI=1S/C26H28N8/c1-5-19(27)15(3)23(28)26-30-12-10-21(31-26)17-8-7-9-18(14-17)25-29-13-11-22(32-25)24-16(4)20(6-2)33-34-24/h7-14,28H,5-6,27H2,1-4H3,(H,33,34). The first-order valence-electron chi connectivity index (χ1n) is 11.3. The van der Waals surface area contributed by atoms with Crippen LogP contribution < -0.4 is 5.73 Å². The fourth-order valence-corrected chi connectivity index (χ4v) is 3.71. The third-order valence-electron chi connectivity index (χ3n) is 5.90. The van der Waals surface area contributed by atoms with E-state index in [4.69, 9.17) is 16.1 Å². The van der Waals surface area contributed by atoms with Gasteiger partial charge in [-0.15, -0.1) is 0 Å². The smallest absolute Gasteiger partial charge is 0.178 e. The van der Waals surface area contributed by atoms with Gasteiger partial charge in [0.25, 0.3) is 0 Å². The molecule has 4 aromatic rings. The Morgan fingerprint density at radius 2 is 1.74 bits per heavy atom. The van der Waals surface area contributed by atoms with Crippen molar-refractivity contribution >= 4 is 5.71 Å². The van der Waals surface area contributed by atoms with E-state index in [2.05, 4.69) is 39.0 Å². The van der Waals surface area contributed by atoms with Crippen molar-refractivity contribution in [3.05, 3.63) is 77.1 Å². The molecule has 4 rings (SSSR count). The average molecular weight is 453 g/mol. The van der Waals surface area contributed by atoms with E-state index >= 15 is 0 Å². The molecule has 0 amide bonds. The van der Waals surface area contributed by atoms with Gasteiger partial charge in [0.15, 0.2) is 11.6 Å². The number of aryl methyl sites for hydroxylation is 1. The highest BCUT2D eigenvalue weighted by Gasteiger charge is 2.14. The molecule has 0 aliphatic heterocycles. The lowest BCUT2D eigenvalue weighted by Crippen LogP contribution is -2.12. The quantitative estimate of drug-likeness (QED) is 0.343. The van der Waals surface area contributed by atoms with Crippen molar-refractivity contribution in [1.29, 1.82) is 5.41 Å². The molecule has 0 unspecified atom stereocenters. The van der Waals surface area contributed by atoms with Crippen molar-refractivity contribution < 1.29 is 0 Å². The lowest BCUT2D eigenvalue weighted by Gasteiger charge is -2.09. The number of allylic oxidation sites excluding steroid dienone is 2. The summed E-state index contributed by atoms with van der Waals surface area (Å²) in [7, 11) is 0. The van der Waals surface area contributed by atoms with Gasteiger partial charge in [0.1, 0.15) is 11.4 Å². The summed E-state index contributed by atoms with van der Waals surface area (Å²) in [5, 5.41) is 16.0. The number of aromatic nitrogens is 6. The van der Waals surface area contributed by atoms with Gasteiger partial charge in [0.2, 0.25) is 0 Å². The van der Waals surface area contributed by atoms with Crippen LogP contribution in [0.3, 0.4) is 0 Å². The topological polar surface area (TPSA) is 130 Å². The van der Waals surface area contributed by atoms with Crippen molar-refractivity contribution in [3.8, 4) is 34.0 Å². The van der Waals surface area contributed by atoms with Crippen LogP contribution in [0.2, 0.25) is 0 Å². The molecule has 8 nitrogen and oxygen atoms in total. The third-order valence-corrected chi connectivity index (χ3v) is 5.90. The van der Waals surface area contributed by atoms with Crippen LogP contribution in [0.15, 0.2) is 60.1 Å². The molecule has 0 bridgehead atoms. The number of H-pyrrole nitrogens is 1. The van der Waals surface area contributed by atoms with Crippen molar-refractivity contribution in [1.82, 2.24) is 30.1 Å². The molecule has 4 N–H and O–H groups in total. The van der Waals surface area contributed by atoms with Crippen molar-refractivity contribution in [2.24, 2.45) is 5.73 Å². The highest BCUT2D eigenvalue weighted by atomic mass is 15.1. The van der Waals surface area contributed by atoms with E-state index < -0.39 is 0 Å². The van der Waals surface area contributed by atoms with Crippen LogP contribution in [0.1, 0.15) is 44.3 Å². The highest BCUT2D eigenvalue weighted by molar-refractivity contribution is 6.08. The van der Waals surface area contributed by atoms with Gasteiger partial charge in [0.05, 0.1) is 11.4 Å². The Morgan fingerprint density at radius 1 is 1.00 bits per heavy atom. The zero-order chi connectivity index (χ0) is 24.2. The Bertz CT molecular complexity index is 1380. The van der Waals surface area contributed by atoms with Crippen molar-refractivity contribution in [2.45, 2.75) is 40.5 Å². The summed E-state index contributed by atoms with van der Waals surface area (Å²) in [5.74, 6) is 0.951. The molecular weight excluding hydrogens is 424 g/mol. The van der Waals surface area contributed by atoms with Crippen LogP contribution in [-0.4, -0.2) is 35.8 Å². The van der Waals surface area contributed by atoms with E-state index in [1.807, 2.05) is 50.2 Å². The number of nitrogens with zero attached hydrogens (tertiary/aromatic N) is 5. The van der Waals surface area contributed by atoms with Crippen LogP contribution >= 0.6 is 0 Å². The van der Waals surface area contributed by atoms with E-state index in [9.17, 15) is 0 Å². The molecular formula is C26H28N8. The van der Waals surface area contributed by atoms with Gasteiger partial charge < -0.3 is 5.73 Å². The molecule has 0 saturated heterocycles. The van der Waals surface area contributed by atoms with Crippen LogP contribution in [0.4, 0.5) is 0 Å². The molecule has 0 aliphatic rings. The summed E-state index contributed by atoms with van der Waals surface area (Å²) in [6.45, 7) is 7.93. The summed E-state index contributed by atoms with van der Waals surface area (Å²) in [6, 6.07) is 11.6. The molecule has 0 aliphatic carbocycles. The summed E-state index contributed by atoms with van der Waals surface area (Å²) in [6.07, 6.45) is 4.97. The molecule has 172 valence electrons. The Morgan fingerprint density at radius 3 is 2.47 bits per heavy atom. The minimum absolute atomic E-state index is 0.231. The van der Waals surface area contributed by atoms with Crippen LogP contribution in [0.5, 0.6) is 0 Å². The summed E-state index contributed by atoms with van der Waals surface area (Å²) >= 11 is 0. The number of hydrogen-bond donors (Lipinski definition) is 3. The Hall–Kier alpha value is -4.20. The highest BCUT2D eigenvalue weighted by Crippen LogP contribution is 2.26. The van der Waals surface area contributed by atoms with Crippen LogP contribution in [-0.2, 0) is 6.42 Å². The monoisotopic (exact) mass is 452 g/mol. The first-order chi connectivity index (χ1) is 16.4. The molecule has 8 heteroatoms. The molecule has 0 fully saturated rings. The Labute approximate surface area is 198 Å². The molecule has 0 saturated carbocycles. The summed E-state index contributed by atoms with van der Waals surface area (Å²) < 4.78 is 0. The molecule has 3 heterocycles. The first-order valence-corrected chi connectivity index (χ1v) is 11.3. The SMILES string of the molecule is CCC(N)=C(C)C(=N)c1nccc(-c2cccc(-c3nccc(-c4n[nH]c(CC)c4C)n3)c2)n1. The van der Waals surface area contributed by atoms with Gasteiger partial charge in [-0.1, -0.05) is 32.0 Å². The fraction of sp³-hybridized carbons (Fsp3) is 0.231. The maximum atomic E-state index is 8.45. The lowest BCUT2D eigenvalue weighted by atomic mass is 10.1. The zero-order valence-corrected chi connectivity index (χ0v) is 19.8. The summed E-state index contributed by atoms with van der Waals surface area (Å²) in [5.41, 5.74) is 13.9. The number of nitrogens with one attached hydrogen (secondary N) is 2. The second kappa shape index (κ2) is 9.74. The third kappa shape index (κ3) is 4.47. The minimum atomic E-state index is 0.231. The van der Waals surface area contributed by atoms with Gasteiger partial charge >= 0.3 is 0 Å². The minimum Gasteiger partial charge on any atom is -0.402 e. The number of benzene rings is 1. The van der Waals surface area contributed by atoms with Crippen LogP contribution in [0.25, 0.3) is 34.0 Å². The van der Waals surface area contributed by atoms with Crippen molar-refractivity contribution in [3.63, 3.8) is 0 Å². The normalized spacial score (nSPS) is 11.9. The molecule has 0 atom stereocenters. The van der Waals surface area contributed by atoms with Crippen molar-refractivity contribution in [2.75, 3.05) is 0 Å². The van der Waals surface area contributed by atoms with Gasteiger partial charge in [-0.2, -0.15) is 5.10 Å². The zero-order valence-electron chi connectivity index (χ0n) is 19.8. The summed E-state index contributed by atoms with van der Waals surface area (Å²) in [4.78, 5) is 18.2. The van der Waals surface area contributed by atoms with E-state index in [1.165, 1.54) is 0 Å². The fourth-order valence-electron chi connectivity index (χ4n) is 3.71. The predicted molar refractivity (Wildman–Crippen MR) is 134 cm³/mol.